The van der Waals surface area contributed by atoms with Gasteiger partial charge in [-0.3, -0.25) is 0 Å². The SMILES string of the molecule is COC(=O)c1ccc(COc2ccc3ccccc3c2CC#N)o1. The molecule has 2 aromatic carbocycles. The van der Waals surface area contributed by atoms with Crippen LogP contribution < -0.4 is 4.74 Å². The van der Waals surface area contributed by atoms with E-state index in [1.165, 1.54) is 7.11 Å². The molecule has 3 aromatic rings. The van der Waals surface area contributed by atoms with Crippen LogP contribution in [-0.4, -0.2) is 13.1 Å². The van der Waals surface area contributed by atoms with Crippen LogP contribution in [0.25, 0.3) is 10.8 Å². The Morgan fingerprint density at radius 3 is 2.79 bits per heavy atom. The second-order valence-corrected chi connectivity index (χ2v) is 5.14. The van der Waals surface area contributed by atoms with Gasteiger partial charge in [-0.05, 0) is 29.0 Å². The maximum Gasteiger partial charge on any atom is 0.373 e. The smallest absolute Gasteiger partial charge is 0.373 e. The highest BCUT2D eigenvalue weighted by molar-refractivity contribution is 5.88. The van der Waals surface area contributed by atoms with E-state index in [0.29, 0.717) is 11.5 Å². The number of hydrogen-bond donors (Lipinski definition) is 0. The zero-order chi connectivity index (χ0) is 16.9. The summed E-state index contributed by atoms with van der Waals surface area (Å²) in [6.45, 7) is 0.160. The Morgan fingerprint density at radius 2 is 2.00 bits per heavy atom. The Bertz CT molecular complexity index is 921. The average molecular weight is 321 g/mol. The summed E-state index contributed by atoms with van der Waals surface area (Å²) < 4.78 is 15.8. The lowest BCUT2D eigenvalue weighted by Crippen LogP contribution is -2.00. The number of furan rings is 1. The van der Waals surface area contributed by atoms with Gasteiger partial charge in [0.1, 0.15) is 18.1 Å². The van der Waals surface area contributed by atoms with Crippen LogP contribution >= 0.6 is 0 Å². The van der Waals surface area contributed by atoms with Crippen molar-refractivity contribution >= 4 is 16.7 Å². The lowest BCUT2D eigenvalue weighted by atomic mass is 10.0. The van der Waals surface area contributed by atoms with Gasteiger partial charge < -0.3 is 13.9 Å². The maximum atomic E-state index is 11.4. The Morgan fingerprint density at radius 1 is 1.17 bits per heavy atom. The minimum atomic E-state index is -0.530. The van der Waals surface area contributed by atoms with Crippen LogP contribution in [0.2, 0.25) is 0 Å². The second-order valence-electron chi connectivity index (χ2n) is 5.14. The molecule has 1 heterocycles. The molecule has 24 heavy (non-hydrogen) atoms. The first-order chi connectivity index (χ1) is 11.7. The third kappa shape index (κ3) is 3.08. The summed E-state index contributed by atoms with van der Waals surface area (Å²) in [6.07, 6.45) is 0.252. The molecular weight excluding hydrogens is 306 g/mol. The summed E-state index contributed by atoms with van der Waals surface area (Å²) in [6, 6.07) is 17.0. The van der Waals surface area contributed by atoms with Crippen molar-refractivity contribution in [2.24, 2.45) is 0 Å². The van der Waals surface area contributed by atoms with Crippen molar-refractivity contribution in [2.45, 2.75) is 13.0 Å². The normalized spacial score (nSPS) is 10.3. The lowest BCUT2D eigenvalue weighted by molar-refractivity contribution is 0.0561. The van der Waals surface area contributed by atoms with E-state index in [-0.39, 0.29) is 18.8 Å². The molecule has 0 bridgehead atoms. The molecule has 5 heteroatoms. The number of ether oxygens (including phenoxy) is 2. The van der Waals surface area contributed by atoms with Gasteiger partial charge >= 0.3 is 5.97 Å². The Labute approximate surface area is 139 Å². The second kappa shape index (κ2) is 6.88. The fourth-order valence-electron chi connectivity index (χ4n) is 2.53. The predicted octanol–water partition coefficient (Wildman–Crippen LogP) is 3.86. The molecular formula is C19H15NO4. The van der Waals surface area contributed by atoms with E-state index in [4.69, 9.17) is 14.4 Å². The number of rotatable bonds is 5. The largest absolute Gasteiger partial charge is 0.485 e. The Hall–Kier alpha value is -3.26. The number of nitrogens with zero attached hydrogens (tertiary/aromatic N) is 1. The maximum absolute atomic E-state index is 11.4. The molecule has 0 saturated carbocycles. The molecule has 0 aliphatic carbocycles. The number of nitriles is 1. The number of carbonyl (C=O) groups is 1. The first-order valence-corrected chi connectivity index (χ1v) is 7.40. The van der Waals surface area contributed by atoms with Crippen LogP contribution in [0.3, 0.4) is 0 Å². The lowest BCUT2D eigenvalue weighted by Gasteiger charge is -2.11. The van der Waals surface area contributed by atoms with Crippen molar-refractivity contribution in [3.8, 4) is 11.8 Å². The molecule has 3 rings (SSSR count). The monoisotopic (exact) mass is 321 g/mol. The Balaban J connectivity index is 1.85. The van der Waals surface area contributed by atoms with Crippen molar-refractivity contribution in [3.63, 3.8) is 0 Å². The number of carbonyl (C=O) groups excluding carboxylic acids is 1. The quantitative estimate of drug-likeness (QED) is 0.667. The van der Waals surface area contributed by atoms with Gasteiger partial charge in [-0.15, -0.1) is 0 Å². The first-order valence-electron chi connectivity index (χ1n) is 7.40. The summed E-state index contributed by atoms with van der Waals surface area (Å²) in [5.41, 5.74) is 0.843. The topological polar surface area (TPSA) is 72.5 Å². The summed E-state index contributed by atoms with van der Waals surface area (Å²) in [4.78, 5) is 11.4. The molecule has 0 amide bonds. The third-order valence-corrected chi connectivity index (χ3v) is 3.67. The highest BCUT2D eigenvalue weighted by Crippen LogP contribution is 2.29. The van der Waals surface area contributed by atoms with Gasteiger partial charge in [0, 0.05) is 5.56 Å². The fourth-order valence-corrected chi connectivity index (χ4v) is 2.53. The van der Waals surface area contributed by atoms with Crippen LogP contribution in [0.5, 0.6) is 5.75 Å². The van der Waals surface area contributed by atoms with Crippen LogP contribution in [0.1, 0.15) is 21.9 Å². The summed E-state index contributed by atoms with van der Waals surface area (Å²) in [5.74, 6) is 0.738. The highest BCUT2D eigenvalue weighted by Gasteiger charge is 2.13. The zero-order valence-corrected chi connectivity index (χ0v) is 13.1. The molecule has 1 aromatic heterocycles. The molecule has 120 valence electrons. The van der Waals surface area contributed by atoms with E-state index in [2.05, 4.69) is 10.8 Å². The van der Waals surface area contributed by atoms with Gasteiger partial charge in [-0.25, -0.2) is 4.79 Å². The van der Waals surface area contributed by atoms with Gasteiger partial charge in [0.25, 0.3) is 0 Å². The van der Waals surface area contributed by atoms with Gasteiger partial charge in [-0.1, -0.05) is 30.3 Å². The van der Waals surface area contributed by atoms with Crippen molar-refractivity contribution in [2.75, 3.05) is 7.11 Å². The summed E-state index contributed by atoms with van der Waals surface area (Å²) >= 11 is 0. The van der Waals surface area contributed by atoms with E-state index < -0.39 is 5.97 Å². The average Bonchev–Trinajstić information content (AvgIpc) is 3.09. The molecule has 0 fully saturated rings. The molecule has 0 radical (unpaired) electrons. The molecule has 0 N–H and O–H groups in total. The van der Waals surface area contributed by atoms with Crippen molar-refractivity contribution in [3.05, 3.63) is 65.6 Å². The molecule has 0 aliphatic heterocycles. The third-order valence-electron chi connectivity index (χ3n) is 3.67. The van der Waals surface area contributed by atoms with E-state index in [9.17, 15) is 4.79 Å². The Kier molecular flexibility index (Phi) is 4.48. The number of esters is 1. The number of benzene rings is 2. The predicted molar refractivity (Wildman–Crippen MR) is 87.6 cm³/mol. The number of methoxy groups -OCH3 is 1. The van der Waals surface area contributed by atoms with E-state index in [1.54, 1.807) is 12.1 Å². The van der Waals surface area contributed by atoms with Crippen molar-refractivity contribution < 1.29 is 18.7 Å². The van der Waals surface area contributed by atoms with Gasteiger partial charge in [0.05, 0.1) is 19.6 Å². The van der Waals surface area contributed by atoms with E-state index >= 15 is 0 Å². The van der Waals surface area contributed by atoms with Gasteiger partial charge in [-0.2, -0.15) is 5.26 Å². The molecule has 0 unspecified atom stereocenters. The van der Waals surface area contributed by atoms with Crippen LogP contribution in [-0.2, 0) is 17.8 Å². The van der Waals surface area contributed by atoms with Gasteiger partial charge in [0.2, 0.25) is 5.76 Å². The van der Waals surface area contributed by atoms with Crippen molar-refractivity contribution in [1.29, 1.82) is 5.26 Å². The van der Waals surface area contributed by atoms with Gasteiger partial charge in [0.15, 0.2) is 0 Å². The number of hydrogen-bond acceptors (Lipinski definition) is 5. The zero-order valence-electron chi connectivity index (χ0n) is 13.1. The number of fused-ring (bicyclic) bond motifs is 1. The van der Waals surface area contributed by atoms with Crippen LogP contribution in [0, 0.1) is 11.3 Å². The van der Waals surface area contributed by atoms with Crippen molar-refractivity contribution in [1.82, 2.24) is 0 Å². The molecule has 0 aliphatic rings. The van der Waals surface area contributed by atoms with Crippen LogP contribution in [0.4, 0.5) is 0 Å². The molecule has 0 spiro atoms. The van der Waals surface area contributed by atoms with E-state index in [1.807, 2.05) is 36.4 Å². The summed E-state index contributed by atoms with van der Waals surface area (Å²) in [5, 5.41) is 11.2. The highest BCUT2D eigenvalue weighted by atomic mass is 16.5. The van der Waals surface area contributed by atoms with Crippen LogP contribution in [0.15, 0.2) is 52.9 Å². The minimum Gasteiger partial charge on any atom is -0.485 e. The first kappa shape index (κ1) is 15.6. The minimum absolute atomic E-state index is 0.131. The van der Waals surface area contributed by atoms with E-state index in [0.717, 1.165) is 16.3 Å². The summed E-state index contributed by atoms with van der Waals surface area (Å²) in [7, 11) is 1.30. The molecule has 5 nitrogen and oxygen atoms in total. The fraction of sp³-hybridized carbons (Fsp3) is 0.158. The standard InChI is InChI=1S/C19H15NO4/c1-22-19(21)18-9-7-14(24-18)12-23-17-8-6-13-4-2-3-5-15(13)16(17)10-11-20/h2-9H,10,12H2,1H3. The molecule has 0 saturated heterocycles. The molecule has 0 atom stereocenters.